The number of aryl methyl sites for hydroxylation is 1. The number of rotatable bonds is 2. The molecule has 0 aliphatic rings. The third-order valence-corrected chi connectivity index (χ3v) is 1.62. The van der Waals surface area contributed by atoms with Crippen LogP contribution in [-0.4, -0.2) is 21.6 Å². The molecule has 1 heterocycles. The minimum absolute atomic E-state index is 0.0556. The Hall–Kier alpha value is -1.59. The first-order valence-electron chi connectivity index (χ1n) is 3.29. The first-order valence-corrected chi connectivity index (χ1v) is 3.29. The van der Waals surface area contributed by atoms with E-state index in [0.717, 1.165) is 0 Å². The molecular weight excluding hydrogens is 162 g/mol. The fourth-order valence-corrected chi connectivity index (χ4v) is 0.906. The van der Waals surface area contributed by atoms with Crippen LogP contribution in [0.15, 0.2) is 0 Å². The van der Waals surface area contributed by atoms with Crippen molar-refractivity contribution in [3.05, 3.63) is 15.9 Å². The number of aromatic nitrogens is 2. The van der Waals surface area contributed by atoms with E-state index in [2.05, 4.69) is 4.98 Å². The zero-order valence-electron chi connectivity index (χ0n) is 7.07. The maximum absolute atomic E-state index is 10.5. The van der Waals surface area contributed by atoms with Crippen LogP contribution in [0.4, 0.5) is 5.82 Å². The zero-order valence-corrected chi connectivity index (χ0v) is 7.07. The van der Waals surface area contributed by atoms with E-state index in [0.29, 0.717) is 5.82 Å². The molecule has 1 aromatic rings. The van der Waals surface area contributed by atoms with E-state index < -0.39 is 4.92 Å². The summed E-state index contributed by atoms with van der Waals surface area (Å²) < 4.78 is 6.11. The first kappa shape index (κ1) is 8.51. The first-order chi connectivity index (χ1) is 5.57. The fourth-order valence-electron chi connectivity index (χ4n) is 0.906. The van der Waals surface area contributed by atoms with E-state index in [1.54, 1.807) is 14.0 Å². The number of methoxy groups -OCH3 is 1. The second kappa shape index (κ2) is 2.80. The molecule has 0 radical (unpaired) electrons. The molecule has 0 spiro atoms. The van der Waals surface area contributed by atoms with Gasteiger partial charge < -0.3 is 14.9 Å². The smallest absolute Gasteiger partial charge is 0.387 e. The minimum Gasteiger partial charge on any atom is -0.475 e. The van der Waals surface area contributed by atoms with Gasteiger partial charge in [-0.2, -0.15) is 4.98 Å². The predicted molar refractivity (Wildman–Crippen MR) is 41.2 cm³/mol. The summed E-state index contributed by atoms with van der Waals surface area (Å²) in [6.07, 6.45) is 0. The van der Waals surface area contributed by atoms with Gasteiger partial charge in [-0.1, -0.05) is 0 Å². The number of ether oxygens (including phenoxy) is 1. The Balaban J connectivity index is 3.31. The molecule has 0 saturated carbocycles. The van der Waals surface area contributed by atoms with Crippen molar-refractivity contribution in [3.63, 3.8) is 0 Å². The molecular formula is C6H9N3O3. The Kier molecular flexibility index (Phi) is 1.99. The predicted octanol–water partition coefficient (Wildman–Crippen LogP) is 0.645. The molecule has 0 bridgehead atoms. The van der Waals surface area contributed by atoms with Crippen molar-refractivity contribution in [1.29, 1.82) is 0 Å². The molecule has 6 heteroatoms. The average Bonchev–Trinajstić information content (AvgIpc) is 2.28. The summed E-state index contributed by atoms with van der Waals surface area (Å²) in [5.41, 5.74) is 0. The van der Waals surface area contributed by atoms with Crippen LogP contribution in [0.2, 0.25) is 0 Å². The molecule has 0 N–H and O–H groups in total. The Labute approximate surface area is 68.9 Å². The molecule has 0 saturated heterocycles. The standard InChI is InChI=1S/C6H9N3O3/c1-4-7-5(12-3)6(8(4)2)9(10)11/h1-3H3. The highest BCUT2D eigenvalue weighted by Crippen LogP contribution is 2.25. The molecule has 0 atom stereocenters. The van der Waals surface area contributed by atoms with Gasteiger partial charge in [0.25, 0.3) is 0 Å². The Bertz CT molecular complexity index is 318. The van der Waals surface area contributed by atoms with Crippen LogP contribution in [0.25, 0.3) is 0 Å². The van der Waals surface area contributed by atoms with Crippen LogP contribution in [-0.2, 0) is 7.05 Å². The molecule has 6 nitrogen and oxygen atoms in total. The summed E-state index contributed by atoms with van der Waals surface area (Å²) in [5, 5.41) is 10.5. The quantitative estimate of drug-likeness (QED) is 0.483. The summed E-state index contributed by atoms with van der Waals surface area (Å²) >= 11 is 0. The molecule has 0 unspecified atom stereocenters. The van der Waals surface area contributed by atoms with Crippen LogP contribution in [0, 0.1) is 17.0 Å². The molecule has 0 aliphatic heterocycles. The van der Waals surface area contributed by atoms with Gasteiger partial charge in [0, 0.05) is 6.92 Å². The van der Waals surface area contributed by atoms with Crippen LogP contribution in [0.1, 0.15) is 5.82 Å². The van der Waals surface area contributed by atoms with Gasteiger partial charge in [0.05, 0.1) is 14.2 Å². The van der Waals surface area contributed by atoms with Gasteiger partial charge in [-0.15, -0.1) is 0 Å². The second-order valence-electron chi connectivity index (χ2n) is 2.31. The maximum atomic E-state index is 10.5. The van der Waals surface area contributed by atoms with Gasteiger partial charge in [0.1, 0.15) is 0 Å². The van der Waals surface area contributed by atoms with Crippen LogP contribution in [0.5, 0.6) is 5.88 Å². The van der Waals surface area contributed by atoms with Crippen molar-refractivity contribution in [2.24, 2.45) is 7.05 Å². The lowest BCUT2D eigenvalue weighted by molar-refractivity contribution is -0.392. The van der Waals surface area contributed by atoms with E-state index in [1.807, 2.05) is 0 Å². The van der Waals surface area contributed by atoms with Gasteiger partial charge in [-0.05, 0) is 4.92 Å². The van der Waals surface area contributed by atoms with Crippen LogP contribution < -0.4 is 4.74 Å². The van der Waals surface area contributed by atoms with Crippen LogP contribution >= 0.6 is 0 Å². The Morgan fingerprint density at radius 1 is 1.67 bits per heavy atom. The lowest BCUT2D eigenvalue weighted by Crippen LogP contribution is -1.99. The monoisotopic (exact) mass is 171 g/mol. The highest BCUT2D eigenvalue weighted by molar-refractivity contribution is 5.36. The third-order valence-electron chi connectivity index (χ3n) is 1.62. The lowest BCUT2D eigenvalue weighted by atomic mass is 10.7. The van der Waals surface area contributed by atoms with Crippen molar-refractivity contribution in [3.8, 4) is 5.88 Å². The highest BCUT2D eigenvalue weighted by atomic mass is 16.6. The van der Waals surface area contributed by atoms with E-state index in [-0.39, 0.29) is 11.7 Å². The van der Waals surface area contributed by atoms with Gasteiger partial charge >= 0.3 is 11.7 Å². The van der Waals surface area contributed by atoms with Crippen molar-refractivity contribution in [2.75, 3.05) is 7.11 Å². The number of hydrogen-bond donors (Lipinski definition) is 0. The van der Waals surface area contributed by atoms with E-state index in [1.165, 1.54) is 11.7 Å². The highest BCUT2D eigenvalue weighted by Gasteiger charge is 2.22. The Morgan fingerprint density at radius 3 is 2.58 bits per heavy atom. The van der Waals surface area contributed by atoms with Crippen molar-refractivity contribution >= 4 is 5.82 Å². The van der Waals surface area contributed by atoms with Gasteiger partial charge in [-0.25, -0.2) is 4.57 Å². The van der Waals surface area contributed by atoms with Crippen LogP contribution in [0.3, 0.4) is 0 Å². The molecule has 0 aromatic carbocycles. The molecule has 0 amide bonds. The number of hydrogen-bond acceptors (Lipinski definition) is 4. The zero-order chi connectivity index (χ0) is 9.30. The second-order valence-corrected chi connectivity index (χ2v) is 2.31. The van der Waals surface area contributed by atoms with Crippen molar-refractivity contribution in [1.82, 2.24) is 9.55 Å². The summed E-state index contributed by atoms with van der Waals surface area (Å²) in [7, 11) is 2.93. The minimum atomic E-state index is -0.515. The summed E-state index contributed by atoms with van der Waals surface area (Å²) in [6.45, 7) is 1.68. The molecule has 66 valence electrons. The summed E-state index contributed by atoms with van der Waals surface area (Å²) in [6, 6.07) is 0. The summed E-state index contributed by atoms with van der Waals surface area (Å²) in [5.74, 6) is 0.494. The molecule has 0 aliphatic carbocycles. The number of nitro groups is 1. The van der Waals surface area contributed by atoms with Crippen molar-refractivity contribution in [2.45, 2.75) is 6.92 Å². The van der Waals surface area contributed by atoms with Gasteiger partial charge in [0.15, 0.2) is 5.82 Å². The van der Waals surface area contributed by atoms with E-state index in [9.17, 15) is 10.1 Å². The largest absolute Gasteiger partial charge is 0.475 e. The van der Waals surface area contributed by atoms with E-state index in [4.69, 9.17) is 4.74 Å². The molecule has 12 heavy (non-hydrogen) atoms. The van der Waals surface area contributed by atoms with Gasteiger partial charge in [-0.3, -0.25) is 0 Å². The van der Waals surface area contributed by atoms with Gasteiger partial charge in [0.2, 0.25) is 0 Å². The molecule has 1 aromatic heterocycles. The fraction of sp³-hybridized carbons (Fsp3) is 0.500. The average molecular weight is 171 g/mol. The topological polar surface area (TPSA) is 70.2 Å². The maximum Gasteiger partial charge on any atom is 0.387 e. The van der Waals surface area contributed by atoms with E-state index >= 15 is 0 Å². The molecule has 0 fully saturated rings. The number of nitrogens with zero attached hydrogens (tertiary/aromatic N) is 3. The SMILES string of the molecule is COc1nc(C)n(C)c1[N+](=O)[O-]. The van der Waals surface area contributed by atoms with Crippen molar-refractivity contribution < 1.29 is 9.66 Å². The number of imidazole rings is 1. The summed E-state index contributed by atoms with van der Waals surface area (Å²) in [4.78, 5) is 13.8. The molecule has 1 rings (SSSR count). The third kappa shape index (κ3) is 1.11. The normalized spacial score (nSPS) is 9.92. The lowest BCUT2D eigenvalue weighted by Gasteiger charge is -1.96. The Morgan fingerprint density at radius 2 is 2.25 bits per heavy atom.